The van der Waals surface area contributed by atoms with E-state index in [0.717, 1.165) is 75.6 Å². The molecule has 2 saturated carbocycles. The number of piperidine rings is 1. The van der Waals surface area contributed by atoms with Gasteiger partial charge in [-0.3, -0.25) is 4.90 Å². The Morgan fingerprint density at radius 1 is 0.927 bits per heavy atom. The van der Waals surface area contributed by atoms with Crippen LogP contribution in [0.4, 0.5) is 36.4 Å². The molecule has 3 fully saturated rings. The molecule has 0 bridgehead atoms. The fraction of sp³-hybridized carbons (Fsp3) is 0.655. The SMILES string of the molecule is NC1CCC(Nc2nc(NC3CCN(Cc4ccccc4OC(F)(F)F)CC3)c3c(n2)N(C2CCCC2)CN3)CC1. The lowest BCUT2D eigenvalue weighted by Crippen LogP contribution is -2.39. The first-order valence-corrected chi connectivity index (χ1v) is 15.1. The second kappa shape index (κ2) is 12.1. The molecular weight excluding hydrogens is 533 g/mol. The average molecular weight is 575 g/mol. The Hall–Kier alpha value is -2.99. The molecule has 0 radical (unpaired) electrons. The van der Waals surface area contributed by atoms with Crippen LogP contribution in [0.2, 0.25) is 0 Å². The van der Waals surface area contributed by atoms with Gasteiger partial charge in [0.2, 0.25) is 5.95 Å². The van der Waals surface area contributed by atoms with Crippen LogP contribution in [0.5, 0.6) is 5.75 Å². The summed E-state index contributed by atoms with van der Waals surface area (Å²) in [6.07, 6.45) is 5.95. The number of alkyl halides is 3. The van der Waals surface area contributed by atoms with Gasteiger partial charge < -0.3 is 31.3 Å². The summed E-state index contributed by atoms with van der Waals surface area (Å²) in [6.45, 7) is 2.68. The van der Waals surface area contributed by atoms with Crippen LogP contribution in [-0.2, 0) is 6.54 Å². The van der Waals surface area contributed by atoms with Gasteiger partial charge in [0.25, 0.3) is 0 Å². The third-order valence-corrected chi connectivity index (χ3v) is 8.98. The van der Waals surface area contributed by atoms with E-state index in [4.69, 9.17) is 15.7 Å². The van der Waals surface area contributed by atoms with E-state index in [-0.39, 0.29) is 17.8 Å². The highest BCUT2D eigenvalue weighted by molar-refractivity contribution is 5.83. The van der Waals surface area contributed by atoms with Gasteiger partial charge in [-0.15, -0.1) is 13.2 Å². The van der Waals surface area contributed by atoms with Crippen LogP contribution in [0.25, 0.3) is 0 Å². The van der Waals surface area contributed by atoms with Crippen LogP contribution >= 0.6 is 0 Å². The third-order valence-electron chi connectivity index (χ3n) is 8.98. The predicted octanol–water partition coefficient (Wildman–Crippen LogP) is 5.27. The van der Waals surface area contributed by atoms with Crippen molar-refractivity contribution < 1.29 is 17.9 Å². The normalized spacial score (nSPS) is 24.2. The predicted molar refractivity (Wildman–Crippen MR) is 154 cm³/mol. The van der Waals surface area contributed by atoms with Crippen molar-refractivity contribution in [1.82, 2.24) is 14.9 Å². The van der Waals surface area contributed by atoms with Gasteiger partial charge in [0.1, 0.15) is 11.4 Å². The zero-order valence-electron chi connectivity index (χ0n) is 23.4. The molecule has 12 heteroatoms. The molecule has 224 valence electrons. The average Bonchev–Trinajstić information content (AvgIpc) is 3.62. The first-order valence-electron chi connectivity index (χ1n) is 15.1. The van der Waals surface area contributed by atoms with Gasteiger partial charge in [0, 0.05) is 49.4 Å². The largest absolute Gasteiger partial charge is 0.573 e. The molecule has 41 heavy (non-hydrogen) atoms. The monoisotopic (exact) mass is 574 g/mol. The first-order chi connectivity index (χ1) is 19.8. The van der Waals surface area contributed by atoms with Crippen LogP contribution in [-0.4, -0.2) is 65.2 Å². The number of benzene rings is 1. The molecule has 0 unspecified atom stereocenters. The molecule has 2 aliphatic heterocycles. The number of hydrogen-bond donors (Lipinski definition) is 4. The Kier molecular flexibility index (Phi) is 8.30. The maximum atomic E-state index is 12.9. The maximum absolute atomic E-state index is 12.9. The molecule has 5 N–H and O–H groups in total. The van der Waals surface area contributed by atoms with E-state index in [2.05, 4.69) is 30.5 Å². The number of likely N-dealkylation sites (tertiary alicyclic amines) is 1. The van der Waals surface area contributed by atoms with Crippen LogP contribution < -0.4 is 31.3 Å². The molecule has 3 heterocycles. The Labute approximate surface area is 239 Å². The molecule has 0 atom stereocenters. The Balaban J connectivity index is 1.13. The van der Waals surface area contributed by atoms with Gasteiger partial charge in [0.05, 0.1) is 6.67 Å². The summed E-state index contributed by atoms with van der Waals surface area (Å²) < 4.78 is 42.9. The number of ether oxygens (including phenoxy) is 1. The quantitative estimate of drug-likeness (QED) is 0.336. The van der Waals surface area contributed by atoms with Crippen LogP contribution in [0, 0.1) is 0 Å². The summed E-state index contributed by atoms with van der Waals surface area (Å²) in [4.78, 5) is 14.5. The summed E-state index contributed by atoms with van der Waals surface area (Å²) in [7, 11) is 0. The number of aromatic nitrogens is 2. The minimum atomic E-state index is -4.70. The standard InChI is InChI=1S/C29H41F3N8O/c30-29(31,32)41-24-8-4-1-5-19(24)17-39-15-13-22(14-16-39)35-26-25-27(40(18-34-25)23-6-2-3-7-23)38-28(37-26)36-21-11-9-20(33)10-12-21/h1,4-5,8,20-23,34H,2-3,6-7,9-18,33H2,(H2,35,36,37,38). The van der Waals surface area contributed by atoms with Crippen LogP contribution in [0.15, 0.2) is 24.3 Å². The highest BCUT2D eigenvalue weighted by Crippen LogP contribution is 2.41. The van der Waals surface area contributed by atoms with Crippen molar-refractivity contribution in [3.05, 3.63) is 29.8 Å². The fourth-order valence-corrected chi connectivity index (χ4v) is 6.72. The summed E-state index contributed by atoms with van der Waals surface area (Å²) in [5.41, 5.74) is 7.63. The fourth-order valence-electron chi connectivity index (χ4n) is 6.72. The number of nitrogens with zero attached hydrogens (tertiary/aromatic N) is 4. The molecule has 1 aromatic heterocycles. The highest BCUT2D eigenvalue weighted by Gasteiger charge is 2.34. The van der Waals surface area contributed by atoms with E-state index < -0.39 is 6.36 Å². The second-order valence-electron chi connectivity index (χ2n) is 11.9. The van der Waals surface area contributed by atoms with Crippen LogP contribution in [0.3, 0.4) is 0 Å². The molecule has 0 spiro atoms. The molecule has 4 aliphatic rings. The maximum Gasteiger partial charge on any atom is 0.573 e. The van der Waals surface area contributed by atoms with Crippen LogP contribution in [0.1, 0.15) is 69.8 Å². The number of fused-ring (bicyclic) bond motifs is 1. The lowest BCUT2D eigenvalue weighted by Gasteiger charge is -2.33. The molecule has 1 saturated heterocycles. The van der Waals surface area contributed by atoms with E-state index >= 15 is 0 Å². The highest BCUT2D eigenvalue weighted by atomic mass is 19.4. The van der Waals surface area contributed by atoms with Crippen molar-refractivity contribution in [2.45, 2.75) is 101 Å². The molecule has 9 nitrogen and oxygen atoms in total. The number of nitrogens with two attached hydrogens (primary N) is 1. The van der Waals surface area contributed by atoms with E-state index in [1.807, 2.05) is 0 Å². The summed E-state index contributed by atoms with van der Waals surface area (Å²) in [6, 6.07) is 7.70. The van der Waals surface area contributed by atoms with E-state index in [9.17, 15) is 13.2 Å². The van der Waals surface area contributed by atoms with Gasteiger partial charge in [0.15, 0.2) is 11.6 Å². The number of rotatable bonds is 8. The molecule has 6 rings (SSSR count). The minimum absolute atomic E-state index is 0.130. The third kappa shape index (κ3) is 6.91. The number of hydrogen-bond acceptors (Lipinski definition) is 9. The lowest BCUT2D eigenvalue weighted by atomic mass is 9.92. The van der Waals surface area contributed by atoms with Crippen molar-refractivity contribution in [3.8, 4) is 5.75 Å². The second-order valence-corrected chi connectivity index (χ2v) is 11.9. The Morgan fingerprint density at radius 3 is 2.37 bits per heavy atom. The number of para-hydroxylation sites is 1. The lowest BCUT2D eigenvalue weighted by molar-refractivity contribution is -0.275. The molecule has 1 aromatic carbocycles. The smallest absolute Gasteiger partial charge is 0.405 e. The first kappa shape index (κ1) is 28.1. The van der Waals surface area contributed by atoms with Crippen molar-refractivity contribution in [3.63, 3.8) is 0 Å². The molecular formula is C29H41F3N8O. The zero-order chi connectivity index (χ0) is 28.4. The van der Waals surface area contributed by atoms with Crippen molar-refractivity contribution in [2.75, 3.05) is 40.6 Å². The number of halogens is 3. The number of nitrogens with one attached hydrogen (secondary N) is 3. The molecule has 2 aliphatic carbocycles. The van der Waals surface area contributed by atoms with Crippen molar-refractivity contribution in [1.29, 1.82) is 0 Å². The molecule has 0 amide bonds. The Bertz CT molecular complexity index is 1180. The minimum Gasteiger partial charge on any atom is -0.405 e. The van der Waals surface area contributed by atoms with Gasteiger partial charge >= 0.3 is 6.36 Å². The topological polar surface area (TPSA) is 104 Å². The van der Waals surface area contributed by atoms with Gasteiger partial charge in [-0.05, 0) is 57.4 Å². The van der Waals surface area contributed by atoms with Crippen molar-refractivity contribution in [2.24, 2.45) is 5.73 Å². The number of anilines is 4. The van der Waals surface area contributed by atoms with E-state index in [1.54, 1.807) is 18.2 Å². The summed E-state index contributed by atoms with van der Waals surface area (Å²) in [5.74, 6) is 2.34. The van der Waals surface area contributed by atoms with Crippen molar-refractivity contribution >= 4 is 23.3 Å². The zero-order valence-corrected chi connectivity index (χ0v) is 23.4. The van der Waals surface area contributed by atoms with E-state index in [0.29, 0.717) is 30.1 Å². The van der Waals surface area contributed by atoms with Gasteiger partial charge in [-0.25, -0.2) is 0 Å². The summed E-state index contributed by atoms with van der Waals surface area (Å²) >= 11 is 0. The Morgan fingerprint density at radius 2 is 1.63 bits per heavy atom. The summed E-state index contributed by atoms with van der Waals surface area (Å²) in [5, 5.41) is 10.9. The molecule has 2 aromatic rings. The van der Waals surface area contributed by atoms with E-state index in [1.165, 1.54) is 31.7 Å². The van der Waals surface area contributed by atoms with Gasteiger partial charge in [-0.1, -0.05) is 31.0 Å². The van der Waals surface area contributed by atoms with Gasteiger partial charge in [-0.2, -0.15) is 9.97 Å².